The molecule has 2 aromatic rings. The lowest BCUT2D eigenvalue weighted by Gasteiger charge is -2.34. The number of ether oxygens (including phenoxy) is 1. The summed E-state index contributed by atoms with van der Waals surface area (Å²) >= 11 is 5.96. The molecule has 1 aromatic carbocycles. The van der Waals surface area contributed by atoms with Gasteiger partial charge in [0, 0.05) is 43.1 Å². The van der Waals surface area contributed by atoms with Crippen molar-refractivity contribution in [3.05, 3.63) is 35.0 Å². The average molecular weight is 351 g/mol. The molecule has 1 aliphatic heterocycles. The fourth-order valence-electron chi connectivity index (χ4n) is 2.80. The summed E-state index contributed by atoms with van der Waals surface area (Å²) in [6, 6.07) is 7.01. The maximum atomic E-state index is 12.6. The van der Waals surface area contributed by atoms with Crippen molar-refractivity contribution in [1.82, 2.24) is 9.80 Å². The van der Waals surface area contributed by atoms with Gasteiger partial charge in [-0.3, -0.25) is 14.5 Å². The fourth-order valence-corrected chi connectivity index (χ4v) is 2.98. The molecule has 2 heterocycles. The summed E-state index contributed by atoms with van der Waals surface area (Å²) in [5, 5.41) is 1.43. The first-order valence-electron chi connectivity index (χ1n) is 7.84. The first-order chi connectivity index (χ1) is 11.6. The SMILES string of the molecule is COC(=O)CCN1CCN(C(=O)c2cc3cc(Cl)ccc3o2)CC1. The molecule has 1 fully saturated rings. The zero-order chi connectivity index (χ0) is 17.1. The Balaban J connectivity index is 1.59. The summed E-state index contributed by atoms with van der Waals surface area (Å²) in [5.74, 6) is -0.000315. The normalized spacial score (nSPS) is 15.7. The Morgan fingerprint density at radius 2 is 1.96 bits per heavy atom. The lowest BCUT2D eigenvalue weighted by molar-refractivity contribution is -0.141. The van der Waals surface area contributed by atoms with Crippen molar-refractivity contribution in [1.29, 1.82) is 0 Å². The lowest BCUT2D eigenvalue weighted by atomic mass is 10.2. The molecule has 0 atom stereocenters. The van der Waals surface area contributed by atoms with E-state index >= 15 is 0 Å². The molecule has 1 amide bonds. The van der Waals surface area contributed by atoms with Crippen LogP contribution in [0.1, 0.15) is 17.0 Å². The van der Waals surface area contributed by atoms with E-state index in [2.05, 4.69) is 9.64 Å². The second kappa shape index (κ2) is 7.23. The Bertz CT molecular complexity index is 750. The second-order valence-electron chi connectivity index (χ2n) is 5.75. The van der Waals surface area contributed by atoms with E-state index in [1.54, 1.807) is 29.2 Å². The highest BCUT2D eigenvalue weighted by atomic mass is 35.5. The van der Waals surface area contributed by atoms with Crippen LogP contribution < -0.4 is 0 Å². The summed E-state index contributed by atoms with van der Waals surface area (Å²) in [6.45, 7) is 3.33. The topological polar surface area (TPSA) is 63.0 Å². The van der Waals surface area contributed by atoms with E-state index < -0.39 is 0 Å². The maximum absolute atomic E-state index is 12.6. The Kier molecular flexibility index (Phi) is 5.06. The molecular formula is C17H19ClN2O4. The number of carbonyl (C=O) groups is 2. The van der Waals surface area contributed by atoms with Crippen LogP contribution in [0.3, 0.4) is 0 Å². The molecule has 6 nitrogen and oxygen atoms in total. The van der Waals surface area contributed by atoms with E-state index in [-0.39, 0.29) is 11.9 Å². The number of piperazine rings is 1. The first kappa shape index (κ1) is 16.8. The number of methoxy groups -OCH3 is 1. The summed E-state index contributed by atoms with van der Waals surface area (Å²) in [7, 11) is 1.39. The molecule has 7 heteroatoms. The third-order valence-corrected chi connectivity index (χ3v) is 4.44. The van der Waals surface area contributed by atoms with E-state index in [0.717, 1.165) is 18.5 Å². The van der Waals surface area contributed by atoms with Gasteiger partial charge in [-0.2, -0.15) is 0 Å². The highest BCUT2D eigenvalue weighted by molar-refractivity contribution is 6.31. The van der Waals surface area contributed by atoms with Gasteiger partial charge < -0.3 is 14.1 Å². The third kappa shape index (κ3) is 3.71. The van der Waals surface area contributed by atoms with Crippen molar-refractivity contribution >= 4 is 34.4 Å². The molecule has 0 N–H and O–H groups in total. The summed E-state index contributed by atoms with van der Waals surface area (Å²) < 4.78 is 10.3. The number of rotatable bonds is 4. The Hall–Kier alpha value is -2.05. The van der Waals surface area contributed by atoms with Crippen LogP contribution in [0.25, 0.3) is 11.0 Å². The molecule has 0 spiro atoms. The van der Waals surface area contributed by atoms with Crippen molar-refractivity contribution in [2.75, 3.05) is 39.8 Å². The van der Waals surface area contributed by atoms with Gasteiger partial charge in [0.2, 0.25) is 0 Å². The molecule has 0 aliphatic carbocycles. The van der Waals surface area contributed by atoms with Crippen molar-refractivity contribution in [2.24, 2.45) is 0 Å². The molecule has 0 bridgehead atoms. The van der Waals surface area contributed by atoms with Gasteiger partial charge in [0.05, 0.1) is 13.5 Å². The predicted molar refractivity (Wildman–Crippen MR) is 90.2 cm³/mol. The van der Waals surface area contributed by atoms with E-state index in [4.69, 9.17) is 16.0 Å². The Morgan fingerprint density at radius 1 is 1.21 bits per heavy atom. The highest BCUT2D eigenvalue weighted by Crippen LogP contribution is 2.24. The summed E-state index contributed by atoms with van der Waals surface area (Å²) in [6.07, 6.45) is 0.370. The molecule has 128 valence electrons. The monoisotopic (exact) mass is 350 g/mol. The first-order valence-corrected chi connectivity index (χ1v) is 8.22. The minimum atomic E-state index is -0.213. The number of nitrogens with zero attached hydrogens (tertiary/aromatic N) is 2. The van der Waals surface area contributed by atoms with Crippen LogP contribution in [0.2, 0.25) is 5.02 Å². The number of fused-ring (bicyclic) bond motifs is 1. The fraction of sp³-hybridized carbons (Fsp3) is 0.412. The lowest BCUT2D eigenvalue weighted by Crippen LogP contribution is -2.49. The minimum absolute atomic E-state index is 0.116. The smallest absolute Gasteiger partial charge is 0.306 e. The number of hydrogen-bond donors (Lipinski definition) is 0. The van der Waals surface area contributed by atoms with Crippen LogP contribution in [0.4, 0.5) is 0 Å². The number of hydrogen-bond acceptors (Lipinski definition) is 5. The Labute approximate surface area is 144 Å². The molecular weight excluding hydrogens is 332 g/mol. The van der Waals surface area contributed by atoms with Gasteiger partial charge in [0.1, 0.15) is 5.58 Å². The molecule has 0 unspecified atom stereocenters. The van der Waals surface area contributed by atoms with Crippen LogP contribution in [0.5, 0.6) is 0 Å². The van der Waals surface area contributed by atoms with Gasteiger partial charge in [0.25, 0.3) is 5.91 Å². The van der Waals surface area contributed by atoms with Crippen LogP contribution in [0.15, 0.2) is 28.7 Å². The van der Waals surface area contributed by atoms with Crippen molar-refractivity contribution in [3.8, 4) is 0 Å². The van der Waals surface area contributed by atoms with Crippen LogP contribution in [-0.2, 0) is 9.53 Å². The van der Waals surface area contributed by atoms with Gasteiger partial charge in [-0.1, -0.05) is 11.6 Å². The van der Waals surface area contributed by atoms with Gasteiger partial charge in [-0.05, 0) is 24.3 Å². The van der Waals surface area contributed by atoms with Crippen LogP contribution in [-0.4, -0.2) is 61.5 Å². The van der Waals surface area contributed by atoms with Crippen molar-refractivity contribution in [3.63, 3.8) is 0 Å². The number of halogens is 1. The van der Waals surface area contributed by atoms with Gasteiger partial charge in [-0.25, -0.2) is 0 Å². The quantitative estimate of drug-likeness (QED) is 0.792. The van der Waals surface area contributed by atoms with E-state index in [0.29, 0.717) is 42.4 Å². The number of benzene rings is 1. The van der Waals surface area contributed by atoms with Crippen molar-refractivity contribution in [2.45, 2.75) is 6.42 Å². The number of carbonyl (C=O) groups excluding carboxylic acids is 2. The van der Waals surface area contributed by atoms with E-state index in [1.807, 2.05) is 0 Å². The molecule has 1 aliphatic rings. The minimum Gasteiger partial charge on any atom is -0.469 e. The standard InChI is InChI=1S/C17H19ClN2O4/c1-23-16(21)4-5-19-6-8-20(9-7-19)17(22)15-11-12-10-13(18)2-3-14(12)24-15/h2-3,10-11H,4-9H2,1H3. The van der Waals surface area contributed by atoms with Crippen LogP contribution >= 0.6 is 11.6 Å². The summed E-state index contributed by atoms with van der Waals surface area (Å²) in [5.41, 5.74) is 0.652. The molecule has 0 saturated carbocycles. The third-order valence-electron chi connectivity index (χ3n) is 4.21. The number of esters is 1. The second-order valence-corrected chi connectivity index (χ2v) is 6.19. The molecule has 3 rings (SSSR count). The number of furan rings is 1. The maximum Gasteiger partial charge on any atom is 0.306 e. The molecule has 1 aromatic heterocycles. The Morgan fingerprint density at radius 3 is 2.67 bits per heavy atom. The zero-order valence-electron chi connectivity index (χ0n) is 13.5. The number of amides is 1. The van der Waals surface area contributed by atoms with Gasteiger partial charge >= 0.3 is 5.97 Å². The molecule has 24 heavy (non-hydrogen) atoms. The highest BCUT2D eigenvalue weighted by Gasteiger charge is 2.24. The van der Waals surface area contributed by atoms with Gasteiger partial charge in [-0.15, -0.1) is 0 Å². The predicted octanol–water partition coefficient (Wildman–Crippen LogP) is 2.41. The van der Waals surface area contributed by atoms with E-state index in [1.165, 1.54) is 7.11 Å². The molecule has 0 radical (unpaired) electrons. The average Bonchev–Trinajstić information content (AvgIpc) is 3.02. The summed E-state index contributed by atoms with van der Waals surface area (Å²) in [4.78, 5) is 27.7. The largest absolute Gasteiger partial charge is 0.469 e. The molecule has 1 saturated heterocycles. The van der Waals surface area contributed by atoms with E-state index in [9.17, 15) is 9.59 Å². The zero-order valence-corrected chi connectivity index (χ0v) is 14.2. The van der Waals surface area contributed by atoms with Crippen molar-refractivity contribution < 1.29 is 18.7 Å². The van der Waals surface area contributed by atoms with Gasteiger partial charge in [0.15, 0.2) is 5.76 Å². The van der Waals surface area contributed by atoms with Crippen LogP contribution in [0, 0.1) is 0 Å².